The van der Waals surface area contributed by atoms with E-state index in [0.717, 1.165) is 0 Å². The van der Waals surface area contributed by atoms with Crippen LogP contribution in [0, 0.1) is 0 Å². The largest absolute Gasteiger partial charge is 0.332 e. The summed E-state index contributed by atoms with van der Waals surface area (Å²) in [7, 11) is 1.64. The molecule has 0 spiro atoms. The van der Waals surface area contributed by atoms with Crippen molar-refractivity contribution in [2.75, 3.05) is 0 Å². The van der Waals surface area contributed by atoms with E-state index in [4.69, 9.17) is 0 Å². The van der Waals surface area contributed by atoms with E-state index in [1.807, 2.05) is 27.7 Å². The molecule has 0 aliphatic heterocycles. The standard InChI is InChI=1S/C12H18N4O2/c1-7(2)15-6-13-10-9(15)11(17)16(8(3)4)12(18)14(10)5/h6-8H,1-5H3. The van der Waals surface area contributed by atoms with E-state index < -0.39 is 0 Å². The second-order valence-electron chi connectivity index (χ2n) is 5.03. The van der Waals surface area contributed by atoms with Crippen LogP contribution in [0.15, 0.2) is 15.9 Å². The lowest BCUT2D eigenvalue weighted by Gasteiger charge is -2.13. The van der Waals surface area contributed by atoms with Gasteiger partial charge in [0.2, 0.25) is 0 Å². The molecule has 98 valence electrons. The van der Waals surface area contributed by atoms with Crippen LogP contribution in [0.3, 0.4) is 0 Å². The summed E-state index contributed by atoms with van der Waals surface area (Å²) in [5, 5.41) is 0. The van der Waals surface area contributed by atoms with E-state index in [9.17, 15) is 9.59 Å². The Kier molecular flexibility index (Phi) is 2.88. The maximum Gasteiger partial charge on any atom is 0.332 e. The first-order chi connectivity index (χ1) is 8.36. The van der Waals surface area contributed by atoms with Crippen molar-refractivity contribution < 1.29 is 0 Å². The van der Waals surface area contributed by atoms with E-state index in [0.29, 0.717) is 11.2 Å². The minimum absolute atomic E-state index is 0.126. The minimum atomic E-state index is -0.323. The topological polar surface area (TPSA) is 61.8 Å². The average Bonchev–Trinajstić information content (AvgIpc) is 2.70. The molecule has 2 aromatic heterocycles. The van der Waals surface area contributed by atoms with Crippen LogP contribution in [0.25, 0.3) is 11.2 Å². The van der Waals surface area contributed by atoms with Crippen LogP contribution in [-0.2, 0) is 7.05 Å². The van der Waals surface area contributed by atoms with Crippen LogP contribution in [0.1, 0.15) is 39.8 Å². The van der Waals surface area contributed by atoms with Crippen molar-refractivity contribution in [3.8, 4) is 0 Å². The number of hydrogen-bond donors (Lipinski definition) is 0. The second kappa shape index (κ2) is 4.12. The predicted molar refractivity (Wildman–Crippen MR) is 70.0 cm³/mol. The smallest absolute Gasteiger partial charge is 0.322 e. The Bertz CT molecular complexity index is 703. The number of nitrogens with zero attached hydrogens (tertiary/aromatic N) is 4. The van der Waals surface area contributed by atoms with Gasteiger partial charge in [-0.1, -0.05) is 0 Å². The Morgan fingerprint density at radius 1 is 1.11 bits per heavy atom. The molecule has 0 atom stereocenters. The highest BCUT2D eigenvalue weighted by Gasteiger charge is 2.18. The molecule has 0 N–H and O–H groups in total. The SMILES string of the molecule is CC(C)n1c(=O)c2c(ncn2C(C)C)n(C)c1=O. The molecule has 6 nitrogen and oxygen atoms in total. The van der Waals surface area contributed by atoms with Gasteiger partial charge in [-0.15, -0.1) is 0 Å². The van der Waals surface area contributed by atoms with Crippen molar-refractivity contribution in [2.45, 2.75) is 39.8 Å². The van der Waals surface area contributed by atoms with Gasteiger partial charge >= 0.3 is 5.69 Å². The zero-order chi connectivity index (χ0) is 13.6. The maximum atomic E-state index is 12.4. The molecular formula is C12H18N4O2. The summed E-state index contributed by atoms with van der Waals surface area (Å²) >= 11 is 0. The maximum absolute atomic E-state index is 12.4. The summed E-state index contributed by atoms with van der Waals surface area (Å²) in [5.74, 6) is 0. The number of hydrogen-bond acceptors (Lipinski definition) is 3. The van der Waals surface area contributed by atoms with E-state index >= 15 is 0 Å². The van der Waals surface area contributed by atoms with Gasteiger partial charge in [0.25, 0.3) is 5.56 Å². The van der Waals surface area contributed by atoms with Crippen LogP contribution in [0.5, 0.6) is 0 Å². The molecule has 0 aromatic carbocycles. The highest BCUT2D eigenvalue weighted by atomic mass is 16.2. The Labute approximate surface area is 104 Å². The van der Waals surface area contributed by atoms with Crippen LogP contribution in [0.4, 0.5) is 0 Å². The summed E-state index contributed by atoms with van der Waals surface area (Å²) < 4.78 is 4.49. The fourth-order valence-electron chi connectivity index (χ4n) is 2.10. The van der Waals surface area contributed by atoms with E-state index in [2.05, 4.69) is 4.98 Å². The van der Waals surface area contributed by atoms with Crippen LogP contribution in [0.2, 0.25) is 0 Å². The first-order valence-electron chi connectivity index (χ1n) is 6.04. The molecule has 6 heteroatoms. The van der Waals surface area contributed by atoms with Crippen molar-refractivity contribution in [1.29, 1.82) is 0 Å². The molecule has 18 heavy (non-hydrogen) atoms. The molecule has 0 radical (unpaired) electrons. The van der Waals surface area contributed by atoms with Crippen molar-refractivity contribution >= 4 is 11.2 Å². The lowest BCUT2D eigenvalue weighted by atomic mass is 10.3. The lowest BCUT2D eigenvalue weighted by Crippen LogP contribution is -2.40. The van der Waals surface area contributed by atoms with Crippen molar-refractivity contribution in [3.63, 3.8) is 0 Å². The van der Waals surface area contributed by atoms with E-state index in [1.165, 1.54) is 9.13 Å². The van der Waals surface area contributed by atoms with Gasteiger partial charge in [-0.05, 0) is 27.7 Å². The van der Waals surface area contributed by atoms with E-state index in [-0.39, 0.29) is 23.3 Å². The van der Waals surface area contributed by atoms with Gasteiger partial charge in [-0.25, -0.2) is 9.78 Å². The third-order valence-electron chi connectivity index (χ3n) is 3.08. The van der Waals surface area contributed by atoms with Gasteiger partial charge in [0.15, 0.2) is 11.2 Å². The van der Waals surface area contributed by atoms with Crippen molar-refractivity contribution in [1.82, 2.24) is 18.7 Å². The number of aryl methyl sites for hydroxylation is 1. The number of fused-ring (bicyclic) bond motifs is 1. The average molecular weight is 250 g/mol. The molecule has 0 amide bonds. The quantitative estimate of drug-likeness (QED) is 0.800. The van der Waals surface area contributed by atoms with E-state index in [1.54, 1.807) is 17.9 Å². The monoisotopic (exact) mass is 250 g/mol. The number of aromatic nitrogens is 4. The first kappa shape index (κ1) is 12.6. The summed E-state index contributed by atoms with van der Waals surface area (Å²) in [6.45, 7) is 7.60. The molecule has 0 aliphatic rings. The Morgan fingerprint density at radius 3 is 2.22 bits per heavy atom. The minimum Gasteiger partial charge on any atom is -0.322 e. The third-order valence-corrected chi connectivity index (χ3v) is 3.08. The van der Waals surface area contributed by atoms with Crippen molar-refractivity contribution in [2.24, 2.45) is 7.05 Å². The zero-order valence-electron chi connectivity index (χ0n) is 11.3. The lowest BCUT2D eigenvalue weighted by molar-refractivity contribution is 0.526. The molecule has 2 heterocycles. The van der Waals surface area contributed by atoms with Gasteiger partial charge in [0.1, 0.15) is 0 Å². The number of rotatable bonds is 2. The van der Waals surface area contributed by atoms with Gasteiger partial charge in [-0.3, -0.25) is 13.9 Å². The predicted octanol–water partition coefficient (Wildman–Crippen LogP) is 1.06. The highest BCUT2D eigenvalue weighted by Crippen LogP contribution is 2.12. The molecule has 2 rings (SSSR count). The van der Waals surface area contributed by atoms with Crippen molar-refractivity contribution in [3.05, 3.63) is 27.2 Å². The number of imidazole rings is 1. The van der Waals surface area contributed by atoms with Crippen LogP contribution < -0.4 is 11.2 Å². The zero-order valence-corrected chi connectivity index (χ0v) is 11.3. The first-order valence-corrected chi connectivity index (χ1v) is 6.04. The third kappa shape index (κ3) is 1.60. The van der Waals surface area contributed by atoms with Gasteiger partial charge in [0.05, 0.1) is 6.33 Å². The Morgan fingerprint density at radius 2 is 1.72 bits per heavy atom. The van der Waals surface area contributed by atoms with Gasteiger partial charge in [-0.2, -0.15) is 0 Å². The summed E-state index contributed by atoms with van der Waals surface area (Å²) in [6, 6.07) is -0.0445. The molecule has 0 unspecified atom stereocenters. The molecular weight excluding hydrogens is 232 g/mol. The molecule has 0 saturated heterocycles. The van der Waals surface area contributed by atoms with Crippen LogP contribution in [-0.4, -0.2) is 18.7 Å². The fraction of sp³-hybridized carbons (Fsp3) is 0.583. The Balaban J connectivity index is 3.03. The summed E-state index contributed by atoms with van der Waals surface area (Å²) in [4.78, 5) is 28.7. The summed E-state index contributed by atoms with van der Waals surface area (Å²) in [6.07, 6.45) is 1.61. The summed E-state index contributed by atoms with van der Waals surface area (Å²) in [5.41, 5.74) is 0.335. The Hall–Kier alpha value is -1.85. The molecule has 0 aliphatic carbocycles. The molecule has 0 saturated carbocycles. The highest BCUT2D eigenvalue weighted by molar-refractivity contribution is 5.70. The molecule has 2 aromatic rings. The second-order valence-corrected chi connectivity index (χ2v) is 5.03. The molecule has 0 fully saturated rings. The fourth-order valence-corrected chi connectivity index (χ4v) is 2.10. The van der Waals surface area contributed by atoms with Gasteiger partial charge in [0, 0.05) is 19.1 Å². The van der Waals surface area contributed by atoms with Gasteiger partial charge < -0.3 is 4.57 Å². The normalized spacial score (nSPS) is 11.9. The van der Waals surface area contributed by atoms with Crippen LogP contribution >= 0.6 is 0 Å². The molecule has 0 bridgehead atoms.